The first-order valence-electron chi connectivity index (χ1n) is 5.66. The fraction of sp³-hybridized carbons (Fsp3) is 0.417. The van der Waals surface area contributed by atoms with Gasteiger partial charge < -0.3 is 13.7 Å². The number of hydrogen-bond acceptors (Lipinski definition) is 4. The molecule has 5 heteroatoms. The van der Waals surface area contributed by atoms with E-state index in [1.54, 1.807) is 12.5 Å². The lowest BCUT2D eigenvalue weighted by Crippen LogP contribution is -2.25. The van der Waals surface area contributed by atoms with Crippen molar-refractivity contribution in [2.24, 2.45) is 0 Å². The Hall–Kier alpha value is -1.42. The van der Waals surface area contributed by atoms with Crippen LogP contribution in [0.1, 0.15) is 24.3 Å². The third kappa shape index (κ3) is 2.31. The summed E-state index contributed by atoms with van der Waals surface area (Å²) in [7, 11) is 0. The van der Waals surface area contributed by atoms with E-state index in [1.165, 1.54) is 12.8 Å². The van der Waals surface area contributed by atoms with E-state index in [-0.39, 0.29) is 0 Å². The van der Waals surface area contributed by atoms with Crippen molar-refractivity contribution in [2.45, 2.75) is 31.3 Å². The molecule has 90 valence electrons. The average Bonchev–Trinajstić information content (AvgIpc) is 2.88. The molecule has 3 rings (SSSR count). The number of aromatic nitrogens is 1. The van der Waals surface area contributed by atoms with E-state index in [0.29, 0.717) is 24.5 Å². The molecule has 0 N–H and O–H groups in total. The van der Waals surface area contributed by atoms with Gasteiger partial charge in [-0.1, -0.05) is 0 Å². The third-order valence-electron chi connectivity index (χ3n) is 2.82. The maximum absolute atomic E-state index is 5.72. The summed E-state index contributed by atoms with van der Waals surface area (Å²) in [5, 5.41) is 0. The SMILES string of the molecule is ClCc1coc(N(Cc2ccco2)C2CC2)n1. The molecule has 1 aliphatic carbocycles. The van der Waals surface area contributed by atoms with Gasteiger partial charge in [0, 0.05) is 6.04 Å². The fourth-order valence-corrected chi connectivity index (χ4v) is 1.92. The molecule has 0 aromatic carbocycles. The Morgan fingerprint density at radius 3 is 2.88 bits per heavy atom. The van der Waals surface area contributed by atoms with E-state index in [4.69, 9.17) is 20.4 Å². The summed E-state index contributed by atoms with van der Waals surface area (Å²) < 4.78 is 10.8. The van der Waals surface area contributed by atoms with Gasteiger partial charge in [0.15, 0.2) is 0 Å². The zero-order chi connectivity index (χ0) is 11.7. The van der Waals surface area contributed by atoms with Gasteiger partial charge in [-0.3, -0.25) is 0 Å². The van der Waals surface area contributed by atoms with Crippen LogP contribution in [-0.4, -0.2) is 11.0 Å². The van der Waals surface area contributed by atoms with Crippen molar-refractivity contribution < 1.29 is 8.83 Å². The van der Waals surface area contributed by atoms with Crippen LogP contribution in [-0.2, 0) is 12.4 Å². The summed E-state index contributed by atoms with van der Waals surface area (Å²) in [4.78, 5) is 6.49. The average molecular weight is 253 g/mol. The van der Waals surface area contributed by atoms with Gasteiger partial charge in [-0.2, -0.15) is 4.98 Å². The van der Waals surface area contributed by atoms with Crippen molar-refractivity contribution in [3.8, 4) is 0 Å². The minimum atomic E-state index is 0.378. The van der Waals surface area contributed by atoms with Crippen LogP contribution >= 0.6 is 11.6 Å². The van der Waals surface area contributed by atoms with Crippen molar-refractivity contribution >= 4 is 17.6 Å². The molecule has 1 saturated carbocycles. The topological polar surface area (TPSA) is 42.4 Å². The third-order valence-corrected chi connectivity index (χ3v) is 3.09. The van der Waals surface area contributed by atoms with Crippen LogP contribution in [0.25, 0.3) is 0 Å². The fourth-order valence-electron chi connectivity index (χ4n) is 1.80. The summed E-state index contributed by atoms with van der Waals surface area (Å²) in [6.07, 6.45) is 5.65. The van der Waals surface area contributed by atoms with Crippen molar-refractivity contribution in [1.29, 1.82) is 0 Å². The molecule has 0 amide bonds. The molecule has 17 heavy (non-hydrogen) atoms. The lowest BCUT2D eigenvalue weighted by Gasteiger charge is -2.18. The quantitative estimate of drug-likeness (QED) is 0.767. The highest BCUT2D eigenvalue weighted by Gasteiger charge is 2.32. The maximum Gasteiger partial charge on any atom is 0.298 e. The second-order valence-electron chi connectivity index (χ2n) is 4.19. The van der Waals surface area contributed by atoms with Crippen molar-refractivity contribution in [3.63, 3.8) is 0 Å². The molecular formula is C12H13ClN2O2. The van der Waals surface area contributed by atoms with Crippen LogP contribution in [0.2, 0.25) is 0 Å². The summed E-state index contributed by atoms with van der Waals surface area (Å²) in [5.41, 5.74) is 0.770. The Labute approximate surface area is 104 Å². The molecule has 2 aromatic rings. The monoisotopic (exact) mass is 252 g/mol. The lowest BCUT2D eigenvalue weighted by molar-refractivity contribution is 0.476. The first-order chi connectivity index (χ1) is 8.36. The highest BCUT2D eigenvalue weighted by atomic mass is 35.5. The number of halogens is 1. The first kappa shape index (κ1) is 10.7. The van der Waals surface area contributed by atoms with Crippen molar-refractivity contribution in [2.75, 3.05) is 4.90 Å². The first-order valence-corrected chi connectivity index (χ1v) is 6.19. The van der Waals surface area contributed by atoms with Crippen LogP contribution in [0.5, 0.6) is 0 Å². The minimum absolute atomic E-state index is 0.378. The molecule has 0 aliphatic heterocycles. The van der Waals surface area contributed by atoms with Crippen LogP contribution in [0.3, 0.4) is 0 Å². The lowest BCUT2D eigenvalue weighted by atomic mass is 10.4. The van der Waals surface area contributed by atoms with Gasteiger partial charge in [0.05, 0.1) is 24.4 Å². The van der Waals surface area contributed by atoms with Gasteiger partial charge in [0.2, 0.25) is 0 Å². The molecule has 0 unspecified atom stereocenters. The number of anilines is 1. The largest absolute Gasteiger partial charge is 0.467 e. The van der Waals surface area contributed by atoms with Crippen LogP contribution in [0.4, 0.5) is 6.01 Å². The van der Waals surface area contributed by atoms with Crippen LogP contribution in [0.15, 0.2) is 33.5 Å². The molecule has 0 saturated heterocycles. The molecule has 1 aliphatic rings. The molecule has 0 spiro atoms. The molecule has 0 radical (unpaired) electrons. The number of alkyl halides is 1. The highest BCUT2D eigenvalue weighted by Crippen LogP contribution is 2.32. The van der Waals surface area contributed by atoms with E-state index in [9.17, 15) is 0 Å². The smallest absolute Gasteiger partial charge is 0.298 e. The van der Waals surface area contributed by atoms with Gasteiger partial charge in [-0.15, -0.1) is 11.6 Å². The predicted molar refractivity (Wildman–Crippen MR) is 64.0 cm³/mol. The van der Waals surface area contributed by atoms with Crippen LogP contribution < -0.4 is 4.90 Å². The second kappa shape index (κ2) is 4.45. The maximum atomic E-state index is 5.72. The molecule has 2 heterocycles. The predicted octanol–water partition coefficient (Wildman–Crippen LogP) is 3.18. The summed E-state index contributed by atoms with van der Waals surface area (Å²) in [6, 6.07) is 5.00. The van der Waals surface area contributed by atoms with Crippen molar-refractivity contribution in [3.05, 3.63) is 36.1 Å². The standard InChI is InChI=1S/C12H13ClN2O2/c13-6-9-8-17-12(14-9)15(10-3-4-10)7-11-2-1-5-16-11/h1-2,5,8,10H,3-4,6-7H2. The van der Waals surface area contributed by atoms with E-state index in [2.05, 4.69) is 9.88 Å². The number of oxazole rings is 1. The van der Waals surface area contributed by atoms with E-state index in [0.717, 1.165) is 11.5 Å². The normalized spacial score (nSPS) is 15.1. The molecule has 4 nitrogen and oxygen atoms in total. The Kier molecular flexibility index (Phi) is 2.81. The zero-order valence-electron chi connectivity index (χ0n) is 9.30. The van der Waals surface area contributed by atoms with Gasteiger partial charge >= 0.3 is 0 Å². The number of rotatable bonds is 5. The van der Waals surface area contributed by atoms with Gasteiger partial charge in [0.1, 0.15) is 12.0 Å². The zero-order valence-corrected chi connectivity index (χ0v) is 10.1. The van der Waals surface area contributed by atoms with Crippen LogP contribution in [0, 0.1) is 0 Å². The molecule has 0 atom stereocenters. The van der Waals surface area contributed by atoms with E-state index >= 15 is 0 Å². The summed E-state index contributed by atoms with van der Waals surface area (Å²) in [5.74, 6) is 1.30. The Morgan fingerprint density at radius 1 is 1.41 bits per heavy atom. The Morgan fingerprint density at radius 2 is 2.29 bits per heavy atom. The van der Waals surface area contributed by atoms with Gasteiger partial charge in [-0.05, 0) is 25.0 Å². The van der Waals surface area contributed by atoms with E-state index in [1.807, 2.05) is 12.1 Å². The number of hydrogen-bond donors (Lipinski definition) is 0. The molecule has 0 bridgehead atoms. The Bertz CT molecular complexity index is 476. The summed E-state index contributed by atoms with van der Waals surface area (Å²) >= 11 is 5.72. The minimum Gasteiger partial charge on any atom is -0.467 e. The number of nitrogens with zero attached hydrogens (tertiary/aromatic N) is 2. The molecule has 1 fully saturated rings. The number of furan rings is 1. The van der Waals surface area contributed by atoms with Crippen molar-refractivity contribution in [1.82, 2.24) is 4.98 Å². The molecule has 2 aromatic heterocycles. The van der Waals surface area contributed by atoms with Gasteiger partial charge in [-0.25, -0.2) is 0 Å². The second-order valence-corrected chi connectivity index (χ2v) is 4.46. The van der Waals surface area contributed by atoms with Gasteiger partial charge in [0.25, 0.3) is 6.01 Å². The Balaban J connectivity index is 1.79. The van der Waals surface area contributed by atoms with E-state index < -0.39 is 0 Å². The summed E-state index contributed by atoms with van der Waals surface area (Å²) in [6.45, 7) is 0.694. The molecular weight excluding hydrogens is 240 g/mol. The highest BCUT2D eigenvalue weighted by molar-refractivity contribution is 6.16.